The van der Waals surface area contributed by atoms with Crippen molar-refractivity contribution >= 4 is 38.8 Å². The zero-order chi connectivity index (χ0) is 25.0. The molecule has 0 bridgehead atoms. The first kappa shape index (κ1) is 22.0. The maximum Gasteiger partial charge on any atom is 0.287 e. The van der Waals surface area contributed by atoms with Crippen LogP contribution in [0.15, 0.2) is 60.8 Å². The van der Waals surface area contributed by atoms with Gasteiger partial charge in [0.2, 0.25) is 5.82 Å². The van der Waals surface area contributed by atoms with Gasteiger partial charge in [-0.05, 0) is 35.2 Å². The number of amides is 1. The van der Waals surface area contributed by atoms with E-state index in [2.05, 4.69) is 15.3 Å². The van der Waals surface area contributed by atoms with Crippen LogP contribution < -0.4 is 32.4 Å². The minimum atomic E-state index is -0.628. The van der Waals surface area contributed by atoms with Crippen LogP contribution in [0.1, 0.15) is 27.3 Å². The largest absolute Gasteiger partial charge is 0.464 e. The third-order valence-corrected chi connectivity index (χ3v) is 7.29. The summed E-state index contributed by atoms with van der Waals surface area (Å²) in [6, 6.07) is 9.37. The molecule has 1 aliphatic rings. The van der Waals surface area contributed by atoms with Gasteiger partial charge in [-0.25, -0.2) is 4.98 Å². The molecule has 2 aromatic carbocycles. The second-order valence-corrected chi connectivity index (χ2v) is 9.46. The maximum absolute atomic E-state index is 12.8. The second kappa shape index (κ2) is 8.31. The summed E-state index contributed by atoms with van der Waals surface area (Å²) in [5.74, 6) is -0.0122. The maximum atomic E-state index is 12.8. The topological polar surface area (TPSA) is 151 Å². The number of rotatable bonds is 5. The summed E-state index contributed by atoms with van der Waals surface area (Å²) in [6.07, 6.45) is 2.24. The standard InChI is InChI=1S/C25H19N5O5S/c26-18-19(21(32)20(18)31)30-6-5-13-4-3-12(8-14(13)10-30)9-27-24(34)22-28-23(33)17-15(11-36-25(17)29-22)16-2-1-7-35-16/h1-4,7-8,11H,5-6,9-10,26H2,(H,27,34)(H,28,29,33). The molecule has 0 atom stereocenters. The Kier molecular flexibility index (Phi) is 5.07. The molecule has 36 heavy (non-hydrogen) atoms. The first-order valence-corrected chi connectivity index (χ1v) is 12.1. The van der Waals surface area contributed by atoms with Gasteiger partial charge in [0, 0.05) is 30.6 Å². The van der Waals surface area contributed by atoms with Crippen molar-refractivity contribution in [3.05, 3.63) is 95.3 Å². The molecule has 0 saturated heterocycles. The number of benzene rings is 1. The molecular formula is C25H19N5O5S. The minimum Gasteiger partial charge on any atom is -0.464 e. The van der Waals surface area contributed by atoms with E-state index in [0.717, 1.165) is 16.7 Å². The van der Waals surface area contributed by atoms with E-state index in [1.165, 1.54) is 17.6 Å². The SMILES string of the molecule is Nc1c(N2CCc3ccc(CNC(=O)c4nc5scc(-c6ccco6)c5c(=O)[nH]4)cc3C2)c(=O)c1=O. The lowest BCUT2D eigenvalue weighted by Gasteiger charge is -2.32. The predicted molar refractivity (Wildman–Crippen MR) is 136 cm³/mol. The number of H-pyrrole nitrogens is 1. The molecule has 0 spiro atoms. The summed E-state index contributed by atoms with van der Waals surface area (Å²) in [5.41, 5.74) is 8.08. The molecule has 6 rings (SSSR count). The molecule has 1 aliphatic heterocycles. The molecule has 4 heterocycles. The van der Waals surface area contributed by atoms with Crippen LogP contribution in [0.3, 0.4) is 0 Å². The smallest absolute Gasteiger partial charge is 0.287 e. The number of nitrogen functional groups attached to an aromatic ring is 1. The Bertz CT molecular complexity index is 1780. The highest BCUT2D eigenvalue weighted by molar-refractivity contribution is 7.17. The Hall–Kier alpha value is -4.51. The molecule has 0 radical (unpaired) electrons. The van der Waals surface area contributed by atoms with E-state index >= 15 is 0 Å². The van der Waals surface area contributed by atoms with Crippen LogP contribution >= 0.6 is 11.3 Å². The van der Waals surface area contributed by atoms with Gasteiger partial charge in [-0.2, -0.15) is 0 Å². The van der Waals surface area contributed by atoms with Gasteiger partial charge in [-0.15, -0.1) is 11.3 Å². The van der Waals surface area contributed by atoms with Crippen molar-refractivity contribution in [3.63, 3.8) is 0 Å². The van der Waals surface area contributed by atoms with Crippen molar-refractivity contribution in [2.24, 2.45) is 0 Å². The Morgan fingerprint density at radius 3 is 2.83 bits per heavy atom. The molecule has 4 N–H and O–H groups in total. The van der Waals surface area contributed by atoms with Gasteiger partial charge in [0.1, 0.15) is 22.0 Å². The van der Waals surface area contributed by atoms with Gasteiger partial charge in [0.05, 0.1) is 11.6 Å². The highest BCUT2D eigenvalue weighted by Crippen LogP contribution is 2.31. The van der Waals surface area contributed by atoms with E-state index in [4.69, 9.17) is 10.2 Å². The highest BCUT2D eigenvalue weighted by Gasteiger charge is 2.27. The average Bonchev–Trinajstić information content (AvgIpc) is 3.57. The number of furan rings is 1. The van der Waals surface area contributed by atoms with Crippen molar-refractivity contribution in [1.82, 2.24) is 15.3 Å². The van der Waals surface area contributed by atoms with E-state index in [-0.39, 0.29) is 18.1 Å². The van der Waals surface area contributed by atoms with Crippen molar-refractivity contribution in [2.75, 3.05) is 17.2 Å². The van der Waals surface area contributed by atoms with Crippen LogP contribution in [0.2, 0.25) is 0 Å². The molecule has 3 aromatic heterocycles. The zero-order valence-corrected chi connectivity index (χ0v) is 19.6. The number of aromatic nitrogens is 2. The summed E-state index contributed by atoms with van der Waals surface area (Å²) in [4.78, 5) is 58.1. The van der Waals surface area contributed by atoms with Crippen molar-refractivity contribution in [3.8, 4) is 11.3 Å². The first-order valence-electron chi connectivity index (χ1n) is 11.2. The molecule has 11 heteroatoms. The number of anilines is 2. The molecule has 0 aliphatic carbocycles. The Morgan fingerprint density at radius 1 is 1.19 bits per heavy atom. The predicted octanol–water partition coefficient (Wildman–Crippen LogP) is 1.92. The number of aromatic amines is 1. The molecule has 0 fully saturated rings. The van der Waals surface area contributed by atoms with E-state index in [9.17, 15) is 19.2 Å². The fourth-order valence-electron chi connectivity index (χ4n) is 4.56. The van der Waals surface area contributed by atoms with Crippen molar-refractivity contribution < 1.29 is 9.21 Å². The summed E-state index contributed by atoms with van der Waals surface area (Å²) in [6.45, 7) is 1.27. The van der Waals surface area contributed by atoms with E-state index in [0.29, 0.717) is 46.7 Å². The Balaban J connectivity index is 1.18. The molecule has 1 amide bonds. The number of carbonyl (C=O) groups excluding carboxylic acids is 1. The van der Waals surface area contributed by atoms with E-state index in [1.54, 1.807) is 17.5 Å². The molecule has 5 aromatic rings. The molecule has 0 unspecified atom stereocenters. The molecular weight excluding hydrogens is 482 g/mol. The summed E-state index contributed by atoms with van der Waals surface area (Å²) in [5, 5.41) is 4.96. The quantitative estimate of drug-likeness (QED) is 0.309. The van der Waals surface area contributed by atoms with Crippen molar-refractivity contribution in [2.45, 2.75) is 19.5 Å². The van der Waals surface area contributed by atoms with Crippen LogP contribution in [0.5, 0.6) is 0 Å². The van der Waals surface area contributed by atoms with Crippen LogP contribution in [-0.2, 0) is 19.5 Å². The third kappa shape index (κ3) is 3.52. The lowest BCUT2D eigenvalue weighted by atomic mass is 9.96. The summed E-state index contributed by atoms with van der Waals surface area (Å²) in [7, 11) is 0. The van der Waals surface area contributed by atoms with E-state index < -0.39 is 22.3 Å². The van der Waals surface area contributed by atoms with Gasteiger partial charge in [-0.3, -0.25) is 19.2 Å². The van der Waals surface area contributed by atoms with Gasteiger partial charge in [0.15, 0.2) is 0 Å². The molecule has 0 saturated carbocycles. The summed E-state index contributed by atoms with van der Waals surface area (Å²) < 4.78 is 5.39. The Morgan fingerprint density at radius 2 is 2.06 bits per heavy atom. The lowest BCUT2D eigenvalue weighted by molar-refractivity contribution is 0.0940. The number of nitrogens with one attached hydrogen (secondary N) is 2. The number of thiophene rings is 1. The van der Waals surface area contributed by atoms with Crippen molar-refractivity contribution in [1.29, 1.82) is 0 Å². The third-order valence-electron chi connectivity index (χ3n) is 6.42. The van der Waals surface area contributed by atoms with Gasteiger partial charge >= 0.3 is 0 Å². The normalized spacial score (nSPS) is 13.3. The zero-order valence-electron chi connectivity index (χ0n) is 18.8. The van der Waals surface area contributed by atoms with E-state index in [1.807, 2.05) is 23.1 Å². The first-order chi connectivity index (χ1) is 17.4. The monoisotopic (exact) mass is 501 g/mol. The number of fused-ring (bicyclic) bond motifs is 2. The van der Waals surface area contributed by atoms with Gasteiger partial charge < -0.3 is 25.4 Å². The van der Waals surface area contributed by atoms with Gasteiger partial charge in [0.25, 0.3) is 22.3 Å². The average molecular weight is 502 g/mol. The highest BCUT2D eigenvalue weighted by atomic mass is 32.1. The van der Waals surface area contributed by atoms with Gasteiger partial charge in [-0.1, -0.05) is 18.2 Å². The number of nitrogens with zero attached hydrogens (tertiary/aromatic N) is 2. The second-order valence-electron chi connectivity index (χ2n) is 8.60. The van der Waals surface area contributed by atoms with Crippen LogP contribution in [-0.4, -0.2) is 22.4 Å². The molecule has 180 valence electrons. The van der Waals surface area contributed by atoms with Crippen LogP contribution in [0, 0.1) is 0 Å². The number of nitrogens with two attached hydrogens (primary N) is 1. The number of hydrogen-bond donors (Lipinski definition) is 3. The number of carbonyl (C=O) groups is 1. The summed E-state index contributed by atoms with van der Waals surface area (Å²) >= 11 is 1.26. The number of hydrogen-bond acceptors (Lipinski definition) is 9. The Labute approximate surface area is 206 Å². The fraction of sp³-hybridized carbons (Fsp3) is 0.160. The lowest BCUT2D eigenvalue weighted by Crippen LogP contribution is -2.44. The van der Waals surface area contributed by atoms with Crippen LogP contribution in [0.4, 0.5) is 11.4 Å². The van der Waals surface area contributed by atoms with Crippen LogP contribution in [0.25, 0.3) is 21.5 Å². The molecule has 10 nitrogen and oxygen atoms in total. The fourth-order valence-corrected chi connectivity index (χ4v) is 5.49. The minimum absolute atomic E-state index is 0.0207.